The van der Waals surface area contributed by atoms with Gasteiger partial charge in [-0.2, -0.15) is 0 Å². The topological polar surface area (TPSA) is 557 Å². The van der Waals surface area contributed by atoms with Crippen molar-refractivity contribution in [2.45, 2.75) is 271 Å². The average molecular weight is 1460 g/mol. The number of aliphatic hydroxyl groups excluding tert-OH is 1. The van der Waals surface area contributed by atoms with Crippen molar-refractivity contribution in [3.05, 3.63) is 29.8 Å². The summed E-state index contributed by atoms with van der Waals surface area (Å²) in [6.45, 7) is 22.0. The number of benzene rings is 1. The van der Waals surface area contributed by atoms with E-state index < -0.39 is 179 Å². The lowest BCUT2D eigenvalue weighted by Gasteiger charge is -2.30. The standard InChI is InChI=1S/C70H125N17O16/c1-37(2)34-51(64(96)83-53(70(102)103)35-38(3)4)81-67(99)55(40(7)8)85-65(97)52(36-45-26-28-46(89)29-27-45)82-69(101)57(44(13)88)87-59(91)43(12)76-58(90)42(11)77-66(98)54(39(5)6)86-68(100)56(41(9)10)84-63(95)50(25-17-21-33-74)80-62(94)49(24-16-20-32-73)79-61(93)48(23-15-19-31-72)78-60(92)47(75)22-14-18-30-71/h26-29,37-44,47-57,88-89H,14-25,30-36,71-75H2,1-13H3,(H,76,90)(H,77,98)(H,78,92)(H,79,93)(H,80,94)(H,81,99)(H,82,101)(H,83,96)(H,84,95)(H,85,97)(H,86,100)(H,87,91)(H,102,103)/t42-,43-,44+,47-,48-,49-,50-,51-,52-,53-,54-,55-,56-,57-/m0/s1. The molecule has 33 nitrogen and oxygen atoms in total. The predicted molar refractivity (Wildman–Crippen MR) is 389 cm³/mol. The summed E-state index contributed by atoms with van der Waals surface area (Å²) < 4.78 is 0. The summed E-state index contributed by atoms with van der Waals surface area (Å²) in [7, 11) is 0. The number of carboxylic acid groups (broad SMARTS) is 1. The quantitative estimate of drug-likeness (QED) is 0.0319. The summed E-state index contributed by atoms with van der Waals surface area (Å²) in [5.74, 6) is -13.2. The molecule has 33 heteroatoms. The molecule has 103 heavy (non-hydrogen) atoms. The van der Waals surface area contributed by atoms with E-state index in [1.807, 2.05) is 0 Å². The Kier molecular flexibility index (Phi) is 44.0. The molecule has 0 saturated heterocycles. The van der Waals surface area contributed by atoms with E-state index in [-0.39, 0.29) is 69.2 Å². The fraction of sp³-hybridized carbons (Fsp3) is 0.729. The highest BCUT2D eigenvalue weighted by Gasteiger charge is 2.39. The molecule has 0 unspecified atom stereocenters. The molecule has 0 bridgehead atoms. The Labute approximate surface area is 607 Å². The Morgan fingerprint density at radius 1 is 0.340 bits per heavy atom. The molecule has 0 aliphatic carbocycles. The number of aliphatic hydroxyl groups is 1. The van der Waals surface area contributed by atoms with Crippen molar-refractivity contribution in [1.82, 2.24) is 63.8 Å². The van der Waals surface area contributed by atoms with Crippen molar-refractivity contribution in [3.63, 3.8) is 0 Å². The largest absolute Gasteiger partial charge is 0.508 e. The van der Waals surface area contributed by atoms with Crippen LogP contribution in [0.2, 0.25) is 0 Å². The summed E-state index contributed by atoms with van der Waals surface area (Å²) in [5.41, 5.74) is 29.5. The second-order valence-corrected chi connectivity index (χ2v) is 28.5. The fourth-order valence-electron chi connectivity index (χ4n) is 10.8. The Balaban J connectivity index is 3.39. The predicted octanol–water partition coefficient (Wildman–Crippen LogP) is -1.84. The van der Waals surface area contributed by atoms with Gasteiger partial charge in [0.25, 0.3) is 0 Å². The van der Waals surface area contributed by atoms with Crippen LogP contribution in [0.15, 0.2) is 24.3 Å². The second kappa shape index (κ2) is 48.8. The Hall–Kier alpha value is -8.11. The van der Waals surface area contributed by atoms with E-state index in [1.54, 1.807) is 69.2 Å². The summed E-state index contributed by atoms with van der Waals surface area (Å²) in [6.07, 6.45) is 3.05. The third-order valence-electron chi connectivity index (χ3n) is 17.0. The normalized spacial score (nSPS) is 15.6. The number of hydrogen-bond acceptors (Lipinski definition) is 20. The number of aliphatic carboxylic acids is 1. The number of phenols is 1. The number of carbonyl (C=O) groups excluding carboxylic acids is 12. The molecule has 1 rings (SSSR count). The van der Waals surface area contributed by atoms with E-state index in [9.17, 15) is 77.6 Å². The first kappa shape index (κ1) is 92.9. The molecule has 0 aliphatic rings. The van der Waals surface area contributed by atoms with Crippen LogP contribution in [-0.4, -0.2) is 203 Å². The molecule has 0 saturated carbocycles. The molecule has 0 spiro atoms. The van der Waals surface area contributed by atoms with Gasteiger partial charge in [0.15, 0.2) is 0 Å². The maximum Gasteiger partial charge on any atom is 0.326 e. The molecule has 0 aromatic heterocycles. The Morgan fingerprint density at radius 3 is 1.03 bits per heavy atom. The second-order valence-electron chi connectivity index (χ2n) is 28.5. The Bertz CT molecular complexity index is 2860. The van der Waals surface area contributed by atoms with E-state index >= 15 is 0 Å². The van der Waals surface area contributed by atoms with Crippen LogP contribution in [0.1, 0.15) is 185 Å². The molecule has 1 aromatic carbocycles. The average Bonchev–Trinajstić information content (AvgIpc) is 0.843. The van der Waals surface area contributed by atoms with E-state index in [0.29, 0.717) is 76.4 Å². The number of carbonyl (C=O) groups is 13. The lowest BCUT2D eigenvalue weighted by Crippen LogP contribution is -2.62. The lowest BCUT2D eigenvalue weighted by molar-refractivity contribution is -0.143. The van der Waals surface area contributed by atoms with Crippen LogP contribution in [0.25, 0.3) is 0 Å². The van der Waals surface area contributed by atoms with Crippen molar-refractivity contribution in [2.75, 3.05) is 26.2 Å². The van der Waals surface area contributed by atoms with E-state index in [0.717, 1.165) is 0 Å². The minimum Gasteiger partial charge on any atom is -0.508 e. The van der Waals surface area contributed by atoms with Crippen LogP contribution >= 0.6 is 0 Å². The van der Waals surface area contributed by atoms with Crippen LogP contribution in [0, 0.1) is 29.6 Å². The molecule has 586 valence electrons. The van der Waals surface area contributed by atoms with Gasteiger partial charge in [0.2, 0.25) is 70.9 Å². The van der Waals surface area contributed by atoms with Gasteiger partial charge in [-0.1, -0.05) is 87.8 Å². The summed E-state index contributed by atoms with van der Waals surface area (Å²) >= 11 is 0. The summed E-state index contributed by atoms with van der Waals surface area (Å²) in [5, 5.41) is 62.1. The third-order valence-corrected chi connectivity index (χ3v) is 17.0. The van der Waals surface area contributed by atoms with Crippen molar-refractivity contribution < 1.29 is 77.6 Å². The molecule has 14 atom stereocenters. The molecule has 0 heterocycles. The minimum atomic E-state index is -1.77. The number of nitrogens with two attached hydrogens (primary N) is 5. The van der Waals surface area contributed by atoms with Gasteiger partial charge in [-0.15, -0.1) is 0 Å². The first-order valence-electron chi connectivity index (χ1n) is 36.2. The monoisotopic (exact) mass is 1460 g/mol. The molecule has 12 amide bonds. The SMILES string of the molecule is CC(C)C[C@H](NC(=O)[C@H](CC(C)C)NC(=O)[C@@H](NC(=O)[C@H](Cc1ccc(O)cc1)NC(=O)[C@@H](NC(=O)[C@H](C)NC(=O)[C@H](C)NC(=O)[C@@H](NC(=O)[C@@H](NC(=O)[C@H](CCCCN)NC(=O)[C@H](CCCCN)NC(=O)[C@H](CCCCN)NC(=O)[C@@H](N)CCCCN)C(C)C)C(C)C)[C@@H](C)O)C(C)C)C(=O)O. The summed E-state index contributed by atoms with van der Waals surface area (Å²) in [4.78, 5) is 180. The molecular weight excluding hydrogens is 1330 g/mol. The van der Waals surface area contributed by atoms with Gasteiger partial charge in [0.1, 0.15) is 78.3 Å². The van der Waals surface area contributed by atoms with Gasteiger partial charge in [0.05, 0.1) is 12.1 Å². The third kappa shape index (κ3) is 35.3. The molecule has 1 aromatic rings. The van der Waals surface area contributed by atoms with Gasteiger partial charge in [-0.3, -0.25) is 57.5 Å². The van der Waals surface area contributed by atoms with Crippen LogP contribution in [0.4, 0.5) is 0 Å². The number of hydrogen-bond donors (Lipinski definition) is 20. The number of carboxylic acids is 1. The molecule has 25 N–H and O–H groups in total. The minimum absolute atomic E-state index is 0.0668. The highest BCUT2D eigenvalue weighted by molar-refractivity contribution is 6.00. The van der Waals surface area contributed by atoms with Crippen LogP contribution in [-0.2, 0) is 68.7 Å². The maximum atomic E-state index is 14.3. The van der Waals surface area contributed by atoms with Crippen LogP contribution in [0.3, 0.4) is 0 Å². The van der Waals surface area contributed by atoms with E-state index in [1.165, 1.54) is 45.0 Å². The zero-order valence-electron chi connectivity index (χ0n) is 62.7. The fourth-order valence-corrected chi connectivity index (χ4v) is 10.8. The first-order chi connectivity index (χ1) is 48.3. The van der Waals surface area contributed by atoms with Gasteiger partial charge in [0, 0.05) is 6.42 Å². The van der Waals surface area contributed by atoms with Crippen LogP contribution < -0.4 is 92.5 Å². The van der Waals surface area contributed by atoms with Crippen molar-refractivity contribution in [1.29, 1.82) is 0 Å². The molecule has 0 radical (unpaired) electrons. The zero-order valence-corrected chi connectivity index (χ0v) is 62.7. The highest BCUT2D eigenvalue weighted by atomic mass is 16.4. The number of unbranched alkanes of at least 4 members (excludes halogenated alkanes) is 4. The molecule has 0 fully saturated rings. The number of amides is 12. The smallest absolute Gasteiger partial charge is 0.326 e. The van der Waals surface area contributed by atoms with E-state index in [4.69, 9.17) is 28.7 Å². The highest BCUT2D eigenvalue weighted by Crippen LogP contribution is 2.17. The van der Waals surface area contributed by atoms with Gasteiger partial charge < -0.3 is 108 Å². The number of rotatable bonds is 51. The first-order valence-corrected chi connectivity index (χ1v) is 36.2. The maximum absolute atomic E-state index is 14.3. The number of phenolic OH excluding ortho intramolecular Hbond substituents is 1. The van der Waals surface area contributed by atoms with Gasteiger partial charge >= 0.3 is 5.97 Å². The number of nitrogens with one attached hydrogen (secondary N) is 12. The van der Waals surface area contributed by atoms with Crippen molar-refractivity contribution >= 4 is 76.9 Å². The zero-order chi connectivity index (χ0) is 78.4. The van der Waals surface area contributed by atoms with Crippen LogP contribution in [0.5, 0.6) is 5.75 Å². The molecular formula is C70H125N17O16. The van der Waals surface area contributed by atoms with Crippen molar-refractivity contribution in [2.24, 2.45) is 58.3 Å². The number of aromatic hydroxyl groups is 1. The van der Waals surface area contributed by atoms with Gasteiger partial charge in [-0.25, -0.2) is 4.79 Å². The van der Waals surface area contributed by atoms with E-state index in [2.05, 4.69) is 63.8 Å². The van der Waals surface area contributed by atoms with Gasteiger partial charge in [-0.05, 0) is 178 Å². The van der Waals surface area contributed by atoms with Crippen molar-refractivity contribution in [3.8, 4) is 5.75 Å². The molecule has 0 aliphatic heterocycles. The summed E-state index contributed by atoms with van der Waals surface area (Å²) in [6, 6.07) is -11.3. The Morgan fingerprint density at radius 2 is 0.631 bits per heavy atom. The lowest BCUT2D eigenvalue weighted by atomic mass is 9.98.